The maximum absolute atomic E-state index is 12.5. The van der Waals surface area contributed by atoms with Crippen molar-refractivity contribution in [2.45, 2.75) is 6.92 Å². The zero-order valence-electron chi connectivity index (χ0n) is 13.4. The number of piperazine rings is 1. The summed E-state index contributed by atoms with van der Waals surface area (Å²) in [4.78, 5) is 29.4. The fraction of sp³-hybridized carbons (Fsp3) is 0.500. The van der Waals surface area contributed by atoms with Crippen LogP contribution in [0.1, 0.15) is 17.3 Å². The monoisotopic (exact) mass is 305 g/mol. The van der Waals surface area contributed by atoms with Crippen molar-refractivity contribution in [2.75, 3.05) is 46.9 Å². The Morgan fingerprint density at radius 1 is 1.05 bits per heavy atom. The molecule has 0 aliphatic carbocycles. The topological polar surface area (TPSA) is 53.1 Å². The molecule has 120 valence electrons. The number of hydrogen-bond acceptors (Lipinski definition) is 3. The number of carbonyl (C=O) groups excluding carboxylic acids is 2. The summed E-state index contributed by atoms with van der Waals surface area (Å²) < 4.78 is 5.38. The highest BCUT2D eigenvalue weighted by molar-refractivity contribution is 5.94. The lowest BCUT2D eigenvalue weighted by Gasteiger charge is -2.36. The first-order valence-electron chi connectivity index (χ1n) is 7.51. The standard InChI is InChI=1S/C16H23N3O3/c1-4-22-14-7-5-13(6-8-14)15(20)18-9-11-19(12-10-18)16(21)17(2)3/h5-8H,4,9-12H2,1-3H3. The predicted octanol–water partition coefficient (Wildman–Crippen LogP) is 1.52. The highest BCUT2D eigenvalue weighted by Crippen LogP contribution is 2.15. The van der Waals surface area contributed by atoms with Crippen LogP contribution in [0.4, 0.5) is 4.79 Å². The van der Waals surface area contributed by atoms with Crippen LogP contribution in [0.2, 0.25) is 0 Å². The number of amides is 3. The van der Waals surface area contributed by atoms with Crippen molar-refractivity contribution in [1.29, 1.82) is 0 Å². The van der Waals surface area contributed by atoms with E-state index in [0.717, 1.165) is 5.75 Å². The Balaban J connectivity index is 1.93. The lowest BCUT2D eigenvalue weighted by molar-refractivity contribution is 0.0650. The van der Waals surface area contributed by atoms with Gasteiger partial charge in [0.25, 0.3) is 5.91 Å². The van der Waals surface area contributed by atoms with E-state index in [0.29, 0.717) is 38.3 Å². The van der Waals surface area contributed by atoms with E-state index in [2.05, 4.69) is 0 Å². The van der Waals surface area contributed by atoms with Crippen molar-refractivity contribution < 1.29 is 14.3 Å². The molecule has 0 aromatic heterocycles. The molecule has 2 rings (SSSR count). The highest BCUT2D eigenvalue weighted by Gasteiger charge is 2.25. The van der Waals surface area contributed by atoms with E-state index in [1.807, 2.05) is 19.1 Å². The second-order valence-electron chi connectivity index (χ2n) is 5.41. The second-order valence-corrected chi connectivity index (χ2v) is 5.41. The minimum atomic E-state index is -0.00633. The van der Waals surface area contributed by atoms with Crippen molar-refractivity contribution in [3.05, 3.63) is 29.8 Å². The van der Waals surface area contributed by atoms with Gasteiger partial charge in [-0.25, -0.2) is 4.79 Å². The van der Waals surface area contributed by atoms with Gasteiger partial charge in [-0.1, -0.05) is 0 Å². The molecule has 0 N–H and O–H groups in total. The lowest BCUT2D eigenvalue weighted by atomic mass is 10.1. The van der Waals surface area contributed by atoms with Crippen LogP contribution in [0.15, 0.2) is 24.3 Å². The summed E-state index contributed by atoms with van der Waals surface area (Å²) in [6.45, 7) is 4.79. The Morgan fingerprint density at radius 3 is 2.09 bits per heavy atom. The molecule has 1 aliphatic rings. The number of ether oxygens (including phenoxy) is 1. The fourth-order valence-electron chi connectivity index (χ4n) is 2.43. The van der Waals surface area contributed by atoms with E-state index in [-0.39, 0.29) is 11.9 Å². The van der Waals surface area contributed by atoms with Gasteiger partial charge in [-0.3, -0.25) is 4.79 Å². The molecule has 6 nitrogen and oxygen atoms in total. The molecule has 1 aliphatic heterocycles. The molecule has 0 unspecified atom stereocenters. The van der Waals surface area contributed by atoms with E-state index in [1.165, 1.54) is 0 Å². The summed E-state index contributed by atoms with van der Waals surface area (Å²) in [7, 11) is 3.47. The summed E-state index contributed by atoms with van der Waals surface area (Å²) >= 11 is 0. The first-order chi connectivity index (χ1) is 10.5. The molecule has 1 heterocycles. The summed E-state index contributed by atoms with van der Waals surface area (Å²) in [5.74, 6) is 0.764. The fourth-order valence-corrected chi connectivity index (χ4v) is 2.43. The van der Waals surface area contributed by atoms with Gasteiger partial charge < -0.3 is 19.4 Å². The Bertz CT molecular complexity index is 520. The van der Waals surface area contributed by atoms with E-state index in [4.69, 9.17) is 4.74 Å². The van der Waals surface area contributed by atoms with Crippen molar-refractivity contribution >= 4 is 11.9 Å². The van der Waals surface area contributed by atoms with Gasteiger partial charge in [0.15, 0.2) is 0 Å². The Hall–Kier alpha value is -2.24. The van der Waals surface area contributed by atoms with Gasteiger partial charge in [-0.2, -0.15) is 0 Å². The summed E-state index contributed by atoms with van der Waals surface area (Å²) in [5.41, 5.74) is 0.649. The van der Waals surface area contributed by atoms with Crippen molar-refractivity contribution in [2.24, 2.45) is 0 Å². The van der Waals surface area contributed by atoms with Gasteiger partial charge >= 0.3 is 6.03 Å². The van der Waals surface area contributed by atoms with Crippen LogP contribution >= 0.6 is 0 Å². The minimum Gasteiger partial charge on any atom is -0.494 e. The molecule has 1 saturated heterocycles. The molecule has 22 heavy (non-hydrogen) atoms. The molecule has 0 saturated carbocycles. The zero-order valence-corrected chi connectivity index (χ0v) is 13.4. The van der Waals surface area contributed by atoms with E-state index < -0.39 is 0 Å². The third-order valence-corrected chi connectivity index (χ3v) is 3.63. The Morgan fingerprint density at radius 2 is 1.59 bits per heavy atom. The normalized spacial score (nSPS) is 14.7. The van der Waals surface area contributed by atoms with E-state index in [9.17, 15) is 9.59 Å². The Labute approximate surface area is 131 Å². The summed E-state index contributed by atoms with van der Waals surface area (Å²) in [5, 5.41) is 0. The van der Waals surface area contributed by atoms with Crippen LogP contribution in [-0.4, -0.2) is 73.5 Å². The molecule has 0 spiro atoms. The van der Waals surface area contributed by atoms with E-state index in [1.54, 1.807) is 40.9 Å². The van der Waals surface area contributed by atoms with Gasteiger partial charge in [0.2, 0.25) is 0 Å². The molecule has 1 aromatic carbocycles. The molecule has 3 amide bonds. The van der Waals surface area contributed by atoms with E-state index >= 15 is 0 Å². The molecular weight excluding hydrogens is 282 g/mol. The van der Waals surface area contributed by atoms with Crippen molar-refractivity contribution in [1.82, 2.24) is 14.7 Å². The van der Waals surface area contributed by atoms with Crippen molar-refractivity contribution in [3.8, 4) is 5.75 Å². The van der Waals surface area contributed by atoms with Crippen molar-refractivity contribution in [3.63, 3.8) is 0 Å². The number of carbonyl (C=O) groups is 2. The number of rotatable bonds is 3. The maximum atomic E-state index is 12.5. The molecule has 6 heteroatoms. The SMILES string of the molecule is CCOc1ccc(C(=O)N2CCN(C(=O)N(C)C)CC2)cc1. The van der Waals surface area contributed by atoms with Crippen LogP contribution in [0.5, 0.6) is 5.75 Å². The third kappa shape index (κ3) is 3.69. The third-order valence-electron chi connectivity index (χ3n) is 3.63. The van der Waals surface area contributed by atoms with Crippen LogP contribution < -0.4 is 4.74 Å². The number of benzene rings is 1. The maximum Gasteiger partial charge on any atom is 0.319 e. The number of nitrogens with zero attached hydrogens (tertiary/aromatic N) is 3. The average molecular weight is 305 g/mol. The minimum absolute atomic E-state index is 0.000000472. The summed E-state index contributed by atoms with van der Waals surface area (Å²) in [6, 6.07) is 7.17. The van der Waals surface area contributed by atoms with Gasteiger partial charge in [-0.05, 0) is 31.2 Å². The largest absolute Gasteiger partial charge is 0.494 e. The molecule has 1 aromatic rings. The first kappa shape index (κ1) is 16.1. The molecule has 0 radical (unpaired) electrons. The Kier molecular flexibility index (Phi) is 5.25. The second kappa shape index (κ2) is 7.15. The van der Waals surface area contributed by atoms with Gasteiger partial charge in [-0.15, -0.1) is 0 Å². The van der Waals surface area contributed by atoms with Gasteiger partial charge in [0, 0.05) is 45.8 Å². The smallest absolute Gasteiger partial charge is 0.319 e. The first-order valence-corrected chi connectivity index (χ1v) is 7.51. The molecular formula is C16H23N3O3. The molecule has 0 atom stereocenters. The van der Waals surface area contributed by atoms with Crippen LogP contribution in [0.3, 0.4) is 0 Å². The van der Waals surface area contributed by atoms with Crippen LogP contribution in [-0.2, 0) is 0 Å². The molecule has 0 bridgehead atoms. The highest BCUT2D eigenvalue weighted by atomic mass is 16.5. The lowest BCUT2D eigenvalue weighted by Crippen LogP contribution is -2.52. The van der Waals surface area contributed by atoms with Gasteiger partial charge in [0.05, 0.1) is 6.61 Å². The van der Waals surface area contributed by atoms with Gasteiger partial charge in [0.1, 0.15) is 5.75 Å². The number of urea groups is 1. The van der Waals surface area contributed by atoms with Crippen LogP contribution in [0.25, 0.3) is 0 Å². The molecule has 1 fully saturated rings. The van der Waals surface area contributed by atoms with Crippen LogP contribution in [0, 0.1) is 0 Å². The predicted molar refractivity (Wildman–Crippen MR) is 84.2 cm³/mol. The summed E-state index contributed by atoms with van der Waals surface area (Å²) in [6.07, 6.45) is 0. The quantitative estimate of drug-likeness (QED) is 0.851. The zero-order chi connectivity index (χ0) is 16.1. The number of hydrogen-bond donors (Lipinski definition) is 0. The average Bonchev–Trinajstić information content (AvgIpc) is 2.54.